The molecule has 0 aliphatic heterocycles. The number of carbonyl (C=O) groups is 2. The van der Waals surface area contributed by atoms with E-state index in [0.29, 0.717) is 0 Å². The Kier molecular flexibility index (Phi) is 7.75. The molecule has 6 nitrogen and oxygen atoms in total. The molecule has 148 valence electrons. The lowest BCUT2D eigenvalue weighted by Gasteiger charge is -2.12. The van der Waals surface area contributed by atoms with Gasteiger partial charge in [-0.3, -0.25) is 9.59 Å². The van der Waals surface area contributed by atoms with Gasteiger partial charge in [0.2, 0.25) is 0 Å². The summed E-state index contributed by atoms with van der Waals surface area (Å²) in [5.41, 5.74) is 7.14. The van der Waals surface area contributed by atoms with E-state index < -0.39 is 11.8 Å². The van der Waals surface area contributed by atoms with E-state index in [-0.39, 0.29) is 6.04 Å². The van der Waals surface area contributed by atoms with E-state index in [1.165, 1.54) is 6.21 Å². The molecule has 0 aliphatic carbocycles. The van der Waals surface area contributed by atoms with Crippen LogP contribution in [0.25, 0.3) is 0 Å². The molecule has 2 aromatic carbocycles. The van der Waals surface area contributed by atoms with Crippen LogP contribution in [0.5, 0.6) is 0 Å². The molecule has 0 fully saturated rings. The van der Waals surface area contributed by atoms with E-state index in [2.05, 4.69) is 55.3 Å². The van der Waals surface area contributed by atoms with Crippen LogP contribution in [-0.4, -0.2) is 24.1 Å². The van der Waals surface area contributed by atoms with Crippen molar-refractivity contribution in [1.29, 1.82) is 0 Å². The van der Waals surface area contributed by atoms with Gasteiger partial charge in [-0.25, -0.2) is 5.43 Å². The molecule has 2 amide bonds. The fourth-order valence-corrected chi connectivity index (χ4v) is 2.94. The van der Waals surface area contributed by atoms with Gasteiger partial charge in [-0.15, -0.1) is 0 Å². The third-order valence-corrected chi connectivity index (χ3v) is 4.57. The molecule has 2 aromatic rings. The van der Waals surface area contributed by atoms with Gasteiger partial charge in [-0.05, 0) is 68.7 Å². The van der Waals surface area contributed by atoms with Crippen LogP contribution in [-0.2, 0) is 9.59 Å². The van der Waals surface area contributed by atoms with Gasteiger partial charge in [0, 0.05) is 27.5 Å². The summed E-state index contributed by atoms with van der Waals surface area (Å²) in [5, 5.41) is 9.90. The highest BCUT2D eigenvalue weighted by Gasteiger charge is 2.14. The Bertz CT molecular complexity index is 876. The minimum absolute atomic E-state index is 0.0686. The predicted octanol–water partition coefficient (Wildman–Crippen LogP) is 4.17. The molecule has 0 bridgehead atoms. The molecule has 0 heterocycles. The van der Waals surface area contributed by atoms with E-state index in [1.807, 2.05) is 45.9 Å². The Hall–Kier alpha value is -2.67. The second-order valence-electron chi connectivity index (χ2n) is 6.71. The average Bonchev–Trinajstić information content (AvgIpc) is 2.62. The molecule has 1 atom stereocenters. The van der Waals surface area contributed by atoms with Crippen molar-refractivity contribution >= 4 is 45.3 Å². The van der Waals surface area contributed by atoms with Crippen LogP contribution in [0.1, 0.15) is 37.0 Å². The Morgan fingerprint density at radius 3 is 2.43 bits per heavy atom. The van der Waals surface area contributed by atoms with Crippen molar-refractivity contribution in [2.75, 3.05) is 5.32 Å². The minimum Gasteiger partial charge on any atom is -0.355 e. The lowest BCUT2D eigenvalue weighted by atomic mass is 10.1. The number of rotatable bonds is 6. The van der Waals surface area contributed by atoms with Crippen molar-refractivity contribution < 1.29 is 9.59 Å². The number of nitrogens with one attached hydrogen (secondary N) is 3. The van der Waals surface area contributed by atoms with Crippen LogP contribution in [0.4, 0.5) is 11.4 Å². The number of halogens is 1. The first kappa shape index (κ1) is 21.6. The number of nitrogens with zero attached hydrogens (tertiary/aromatic N) is 1. The lowest BCUT2D eigenvalue weighted by molar-refractivity contribution is -0.139. The third kappa shape index (κ3) is 6.49. The molecule has 2 rings (SSSR count). The first-order valence-corrected chi connectivity index (χ1v) is 9.86. The maximum Gasteiger partial charge on any atom is 0.329 e. The molecular weight excluding hydrogens is 420 g/mol. The quantitative estimate of drug-likeness (QED) is 0.355. The zero-order valence-electron chi connectivity index (χ0n) is 16.5. The number of carbonyl (C=O) groups excluding carboxylic acids is 2. The van der Waals surface area contributed by atoms with Crippen LogP contribution < -0.4 is 16.1 Å². The Morgan fingerprint density at radius 1 is 1.11 bits per heavy atom. The normalized spacial score (nSPS) is 11.9. The van der Waals surface area contributed by atoms with E-state index in [9.17, 15) is 9.59 Å². The smallest absolute Gasteiger partial charge is 0.329 e. The minimum atomic E-state index is -0.796. The number of hydrogen-bond donors (Lipinski definition) is 3. The van der Waals surface area contributed by atoms with Gasteiger partial charge in [0.05, 0.1) is 6.21 Å². The maximum atomic E-state index is 11.8. The van der Waals surface area contributed by atoms with Gasteiger partial charge >= 0.3 is 11.8 Å². The average molecular weight is 445 g/mol. The summed E-state index contributed by atoms with van der Waals surface area (Å²) in [6, 6.07) is 11.9. The third-order valence-electron chi connectivity index (χ3n) is 4.08. The highest BCUT2D eigenvalue weighted by atomic mass is 79.9. The number of hydrogen-bond acceptors (Lipinski definition) is 4. The summed E-state index contributed by atoms with van der Waals surface area (Å²) in [6.07, 6.45) is 2.25. The zero-order valence-corrected chi connectivity index (χ0v) is 18.1. The molecule has 0 unspecified atom stereocenters. The molecule has 0 saturated heterocycles. The van der Waals surface area contributed by atoms with E-state index in [1.54, 1.807) is 0 Å². The summed E-state index contributed by atoms with van der Waals surface area (Å²) in [7, 11) is 0. The van der Waals surface area contributed by atoms with Crippen molar-refractivity contribution in [3.63, 3.8) is 0 Å². The topological polar surface area (TPSA) is 82.6 Å². The predicted molar refractivity (Wildman–Crippen MR) is 117 cm³/mol. The summed E-state index contributed by atoms with van der Waals surface area (Å²) in [6.45, 7) is 7.85. The van der Waals surface area contributed by atoms with Gasteiger partial charge < -0.3 is 10.6 Å². The van der Waals surface area contributed by atoms with E-state index >= 15 is 0 Å². The number of amides is 2. The standard InChI is InChI=1S/C21H25BrN4O2/c1-5-15(4)24-20(27)21(28)26-23-12-16-11-17(22)6-7-19(16)25-18-9-13(2)8-14(3)10-18/h6-12,15,25H,5H2,1-4H3,(H,24,27)(H,26,28)/b23-12-/t15-/m0/s1. The van der Waals surface area contributed by atoms with Crippen molar-refractivity contribution in [3.8, 4) is 0 Å². The Balaban J connectivity index is 2.12. The van der Waals surface area contributed by atoms with Crippen molar-refractivity contribution in [3.05, 3.63) is 57.6 Å². The Labute approximate surface area is 173 Å². The molecule has 0 radical (unpaired) electrons. The molecular formula is C21H25BrN4O2. The van der Waals surface area contributed by atoms with Gasteiger partial charge in [0.15, 0.2) is 0 Å². The van der Waals surface area contributed by atoms with Crippen LogP contribution in [0.15, 0.2) is 46.0 Å². The maximum absolute atomic E-state index is 11.8. The van der Waals surface area contributed by atoms with Crippen molar-refractivity contribution in [2.45, 2.75) is 40.2 Å². The first-order valence-electron chi connectivity index (χ1n) is 9.07. The summed E-state index contributed by atoms with van der Waals surface area (Å²) in [5.74, 6) is -1.50. The fraction of sp³-hybridized carbons (Fsp3) is 0.286. The Morgan fingerprint density at radius 2 is 1.79 bits per heavy atom. The molecule has 28 heavy (non-hydrogen) atoms. The molecule has 0 aliphatic rings. The highest BCUT2D eigenvalue weighted by Crippen LogP contribution is 2.24. The van der Waals surface area contributed by atoms with Gasteiger partial charge in [-0.2, -0.15) is 5.10 Å². The largest absolute Gasteiger partial charge is 0.355 e. The second-order valence-corrected chi connectivity index (χ2v) is 7.63. The van der Waals surface area contributed by atoms with Gasteiger partial charge in [0.25, 0.3) is 0 Å². The number of anilines is 2. The monoisotopic (exact) mass is 444 g/mol. The fourth-order valence-electron chi connectivity index (χ4n) is 2.56. The number of aryl methyl sites for hydroxylation is 2. The van der Waals surface area contributed by atoms with Crippen LogP contribution in [0.2, 0.25) is 0 Å². The lowest BCUT2D eigenvalue weighted by Crippen LogP contribution is -2.41. The molecule has 0 aromatic heterocycles. The van der Waals surface area contributed by atoms with Crippen LogP contribution >= 0.6 is 15.9 Å². The summed E-state index contributed by atoms with van der Waals surface area (Å²) >= 11 is 3.44. The van der Waals surface area contributed by atoms with Crippen molar-refractivity contribution in [1.82, 2.24) is 10.7 Å². The van der Waals surface area contributed by atoms with Crippen LogP contribution in [0, 0.1) is 13.8 Å². The molecule has 7 heteroatoms. The van der Waals surface area contributed by atoms with Gasteiger partial charge in [-0.1, -0.05) is 28.9 Å². The zero-order chi connectivity index (χ0) is 20.7. The number of hydrazone groups is 1. The second kappa shape index (κ2) is 10.0. The van der Waals surface area contributed by atoms with Gasteiger partial charge in [0.1, 0.15) is 0 Å². The van der Waals surface area contributed by atoms with Crippen molar-refractivity contribution in [2.24, 2.45) is 5.10 Å². The summed E-state index contributed by atoms with van der Waals surface area (Å²) < 4.78 is 0.876. The van der Waals surface area contributed by atoms with E-state index in [4.69, 9.17) is 0 Å². The van der Waals surface area contributed by atoms with Crippen LogP contribution in [0.3, 0.4) is 0 Å². The molecule has 0 spiro atoms. The number of benzene rings is 2. The highest BCUT2D eigenvalue weighted by molar-refractivity contribution is 9.10. The molecule has 0 saturated carbocycles. The summed E-state index contributed by atoms with van der Waals surface area (Å²) in [4.78, 5) is 23.6. The van der Waals surface area contributed by atoms with E-state index in [0.717, 1.165) is 39.0 Å². The first-order chi connectivity index (χ1) is 13.3. The molecule has 3 N–H and O–H groups in total. The SMILES string of the molecule is CC[C@H](C)NC(=O)C(=O)N/N=C\c1cc(Br)ccc1Nc1cc(C)cc(C)c1.